The molecule has 1 atom stereocenters. The van der Waals surface area contributed by atoms with Gasteiger partial charge in [-0.2, -0.15) is 0 Å². The van der Waals surface area contributed by atoms with Gasteiger partial charge in [-0.1, -0.05) is 24.3 Å². The molecule has 2 aromatic rings. The van der Waals surface area contributed by atoms with Gasteiger partial charge in [0.2, 0.25) is 0 Å². The zero-order chi connectivity index (χ0) is 15.9. The lowest BCUT2D eigenvalue weighted by molar-refractivity contribution is -0.145. The molecule has 1 N–H and O–H groups in total. The van der Waals surface area contributed by atoms with Gasteiger partial charge >= 0.3 is 5.97 Å². The molecule has 116 valence electrons. The number of carboxylic acids is 1. The van der Waals surface area contributed by atoms with Gasteiger partial charge in [-0.15, -0.1) is 0 Å². The minimum Gasteiger partial charge on any atom is -0.497 e. The molecule has 0 aliphatic rings. The summed E-state index contributed by atoms with van der Waals surface area (Å²) >= 11 is 0. The Morgan fingerprint density at radius 1 is 1.05 bits per heavy atom. The quantitative estimate of drug-likeness (QED) is 0.852. The number of benzene rings is 2. The monoisotopic (exact) mass is 302 g/mol. The normalized spacial score (nSPS) is 11.5. The number of rotatable bonds is 7. The predicted octanol–water partition coefficient (Wildman–Crippen LogP) is 2.78. The standard InChI is InChI=1S/C17H18O5/c1-20-13-7-5-6-12(10-13)11-16(17(18)19)22-15-9-4-3-8-14(15)21-2/h3-10,16H,11H2,1-2H3,(H,18,19)/t16-/m1/s1. The zero-order valence-electron chi connectivity index (χ0n) is 12.5. The van der Waals surface area contributed by atoms with E-state index >= 15 is 0 Å². The largest absolute Gasteiger partial charge is 0.497 e. The maximum atomic E-state index is 11.5. The molecular formula is C17H18O5. The van der Waals surface area contributed by atoms with Crippen LogP contribution < -0.4 is 14.2 Å². The molecule has 0 bridgehead atoms. The fourth-order valence-electron chi connectivity index (χ4n) is 2.06. The van der Waals surface area contributed by atoms with Gasteiger partial charge in [-0.05, 0) is 29.8 Å². The Hall–Kier alpha value is -2.69. The first-order valence-corrected chi connectivity index (χ1v) is 6.79. The lowest BCUT2D eigenvalue weighted by atomic mass is 10.1. The lowest BCUT2D eigenvalue weighted by Crippen LogP contribution is -2.29. The van der Waals surface area contributed by atoms with E-state index < -0.39 is 12.1 Å². The summed E-state index contributed by atoms with van der Waals surface area (Å²) in [6.07, 6.45) is -0.784. The molecular weight excluding hydrogens is 284 g/mol. The Balaban J connectivity index is 2.18. The second-order valence-electron chi connectivity index (χ2n) is 4.65. The number of carboxylic acid groups (broad SMARTS) is 1. The number of para-hydroxylation sites is 2. The van der Waals surface area contributed by atoms with Gasteiger partial charge in [-0.3, -0.25) is 0 Å². The molecule has 5 heteroatoms. The molecule has 0 heterocycles. The fourth-order valence-corrected chi connectivity index (χ4v) is 2.06. The first-order valence-electron chi connectivity index (χ1n) is 6.79. The van der Waals surface area contributed by atoms with Crippen molar-refractivity contribution in [2.24, 2.45) is 0 Å². The molecule has 0 spiro atoms. The van der Waals surface area contributed by atoms with E-state index in [0.29, 0.717) is 17.2 Å². The average molecular weight is 302 g/mol. The van der Waals surface area contributed by atoms with Crippen molar-refractivity contribution in [3.63, 3.8) is 0 Å². The summed E-state index contributed by atoms with van der Waals surface area (Å²) in [6, 6.07) is 14.2. The Bertz CT molecular complexity index is 638. The van der Waals surface area contributed by atoms with E-state index in [-0.39, 0.29) is 6.42 Å². The zero-order valence-corrected chi connectivity index (χ0v) is 12.5. The smallest absolute Gasteiger partial charge is 0.345 e. The van der Waals surface area contributed by atoms with Crippen molar-refractivity contribution in [2.75, 3.05) is 14.2 Å². The summed E-state index contributed by atoms with van der Waals surface area (Å²) in [5.41, 5.74) is 0.821. The van der Waals surface area contributed by atoms with Crippen LogP contribution >= 0.6 is 0 Å². The summed E-state index contributed by atoms with van der Waals surface area (Å²) in [6.45, 7) is 0. The molecule has 0 aromatic heterocycles. The molecule has 0 aliphatic carbocycles. The molecule has 0 saturated carbocycles. The van der Waals surface area contributed by atoms with Crippen LogP contribution in [0.1, 0.15) is 5.56 Å². The van der Waals surface area contributed by atoms with Crippen molar-refractivity contribution in [1.82, 2.24) is 0 Å². The summed E-state index contributed by atoms with van der Waals surface area (Å²) in [7, 11) is 3.08. The Morgan fingerprint density at radius 2 is 1.77 bits per heavy atom. The maximum Gasteiger partial charge on any atom is 0.345 e. The van der Waals surface area contributed by atoms with Gasteiger partial charge in [0.1, 0.15) is 5.75 Å². The van der Waals surface area contributed by atoms with Crippen LogP contribution in [0.4, 0.5) is 0 Å². The van der Waals surface area contributed by atoms with E-state index in [2.05, 4.69) is 0 Å². The van der Waals surface area contributed by atoms with Crippen LogP contribution in [0.25, 0.3) is 0 Å². The van der Waals surface area contributed by atoms with E-state index in [4.69, 9.17) is 14.2 Å². The minimum absolute atomic E-state index is 0.227. The van der Waals surface area contributed by atoms with Gasteiger partial charge in [0.25, 0.3) is 0 Å². The van der Waals surface area contributed by atoms with Crippen molar-refractivity contribution in [1.29, 1.82) is 0 Å². The van der Waals surface area contributed by atoms with Gasteiger partial charge in [0, 0.05) is 6.42 Å². The molecule has 0 saturated heterocycles. The van der Waals surface area contributed by atoms with E-state index in [9.17, 15) is 9.90 Å². The molecule has 0 radical (unpaired) electrons. The molecule has 2 rings (SSSR count). The molecule has 0 aliphatic heterocycles. The third-order valence-corrected chi connectivity index (χ3v) is 3.17. The van der Waals surface area contributed by atoms with E-state index in [0.717, 1.165) is 5.56 Å². The highest BCUT2D eigenvalue weighted by Crippen LogP contribution is 2.27. The molecule has 5 nitrogen and oxygen atoms in total. The van der Waals surface area contributed by atoms with Crippen LogP contribution in [0.3, 0.4) is 0 Å². The number of hydrogen-bond acceptors (Lipinski definition) is 4. The van der Waals surface area contributed by atoms with Crippen molar-refractivity contribution in [3.8, 4) is 17.2 Å². The summed E-state index contributed by atoms with van der Waals surface area (Å²) < 4.78 is 15.9. The first kappa shape index (κ1) is 15.7. The minimum atomic E-state index is -1.03. The van der Waals surface area contributed by atoms with Crippen molar-refractivity contribution in [3.05, 3.63) is 54.1 Å². The molecule has 0 fully saturated rings. The Kier molecular flexibility index (Phi) is 5.25. The van der Waals surface area contributed by atoms with Crippen LogP contribution in [-0.4, -0.2) is 31.4 Å². The van der Waals surface area contributed by atoms with Crippen molar-refractivity contribution >= 4 is 5.97 Å². The first-order chi connectivity index (χ1) is 10.6. The van der Waals surface area contributed by atoms with Gasteiger partial charge in [0.15, 0.2) is 17.6 Å². The molecule has 0 amide bonds. The van der Waals surface area contributed by atoms with Gasteiger partial charge < -0.3 is 19.3 Å². The SMILES string of the molecule is COc1cccc(C[C@@H](Oc2ccccc2OC)C(=O)O)c1. The Labute approximate surface area is 129 Å². The van der Waals surface area contributed by atoms with E-state index in [1.54, 1.807) is 43.5 Å². The van der Waals surface area contributed by atoms with Gasteiger partial charge in [-0.25, -0.2) is 4.79 Å². The summed E-state index contributed by atoms with van der Waals surface area (Å²) in [4.78, 5) is 11.5. The van der Waals surface area contributed by atoms with Crippen molar-refractivity contribution < 1.29 is 24.1 Å². The predicted molar refractivity (Wildman–Crippen MR) is 81.7 cm³/mol. The van der Waals surface area contributed by atoms with E-state index in [1.165, 1.54) is 7.11 Å². The fraction of sp³-hybridized carbons (Fsp3) is 0.235. The second kappa shape index (κ2) is 7.36. The van der Waals surface area contributed by atoms with Crippen molar-refractivity contribution in [2.45, 2.75) is 12.5 Å². The highest BCUT2D eigenvalue weighted by molar-refractivity contribution is 5.73. The molecule has 0 unspecified atom stereocenters. The third-order valence-electron chi connectivity index (χ3n) is 3.17. The van der Waals surface area contributed by atoms with Gasteiger partial charge in [0.05, 0.1) is 14.2 Å². The number of carbonyl (C=O) groups is 1. The van der Waals surface area contributed by atoms with Crippen LogP contribution in [0, 0.1) is 0 Å². The number of hydrogen-bond donors (Lipinski definition) is 1. The second-order valence-corrected chi connectivity index (χ2v) is 4.65. The van der Waals surface area contributed by atoms with Crippen LogP contribution in [-0.2, 0) is 11.2 Å². The number of ether oxygens (including phenoxy) is 3. The summed E-state index contributed by atoms with van der Waals surface area (Å²) in [5, 5.41) is 9.39. The maximum absolute atomic E-state index is 11.5. The topological polar surface area (TPSA) is 65.0 Å². The van der Waals surface area contributed by atoms with E-state index in [1.807, 2.05) is 12.1 Å². The van der Waals surface area contributed by atoms with Crippen LogP contribution in [0.5, 0.6) is 17.2 Å². The third kappa shape index (κ3) is 3.91. The Morgan fingerprint density at radius 3 is 2.41 bits per heavy atom. The highest BCUT2D eigenvalue weighted by atomic mass is 16.5. The van der Waals surface area contributed by atoms with Crippen LogP contribution in [0.2, 0.25) is 0 Å². The number of aliphatic carboxylic acids is 1. The average Bonchev–Trinajstić information content (AvgIpc) is 2.54. The molecule has 22 heavy (non-hydrogen) atoms. The van der Waals surface area contributed by atoms with Crippen LogP contribution in [0.15, 0.2) is 48.5 Å². The highest BCUT2D eigenvalue weighted by Gasteiger charge is 2.21. The molecule has 2 aromatic carbocycles. The lowest BCUT2D eigenvalue weighted by Gasteiger charge is -2.17. The summed E-state index contributed by atoms with van der Waals surface area (Å²) in [5.74, 6) is 0.548. The number of methoxy groups -OCH3 is 2.